The zero-order chi connectivity index (χ0) is 33.9. The van der Waals surface area contributed by atoms with Crippen molar-refractivity contribution in [3.05, 3.63) is 60.0 Å². The van der Waals surface area contributed by atoms with Gasteiger partial charge in [-0.25, -0.2) is 8.78 Å². The fourth-order valence-corrected chi connectivity index (χ4v) is 6.36. The number of nitrogens with zero attached hydrogens (tertiary/aromatic N) is 7. The van der Waals surface area contributed by atoms with Crippen LogP contribution in [-0.2, 0) is 14.9 Å². The fourth-order valence-electron chi connectivity index (χ4n) is 6.36. The number of amides is 1. The van der Waals surface area contributed by atoms with E-state index in [0.717, 1.165) is 13.0 Å². The SMILES string of the molecule is C=CC(=O)N1CC[C@H](Oc2cc(O[C@@H](C)[C@@H]3C[C@H](OC)CN3C)nc(-c3noc(C(C)(C)c4c(F)cccc4F)n3)n2)C[C@H]1CC#N. The number of likely N-dealkylation sites (tertiary alicyclic amines) is 2. The predicted octanol–water partition coefficient (Wildman–Crippen LogP) is 4.46. The number of aromatic nitrogens is 4. The molecule has 3 aromatic rings. The number of hydrogen-bond acceptors (Lipinski definition) is 11. The Bertz CT molecular complexity index is 1620. The van der Waals surface area contributed by atoms with Gasteiger partial charge in [-0.05, 0) is 52.4 Å². The van der Waals surface area contributed by atoms with Gasteiger partial charge in [-0.3, -0.25) is 9.69 Å². The van der Waals surface area contributed by atoms with Crippen molar-refractivity contribution in [2.24, 2.45) is 0 Å². The van der Waals surface area contributed by atoms with Crippen LogP contribution in [0.1, 0.15) is 57.9 Å². The lowest BCUT2D eigenvalue weighted by molar-refractivity contribution is -0.130. The van der Waals surface area contributed by atoms with Crippen LogP contribution in [0.3, 0.4) is 0 Å². The molecule has 5 rings (SSSR count). The minimum Gasteiger partial charge on any atom is -0.474 e. The van der Waals surface area contributed by atoms with Crippen molar-refractivity contribution >= 4 is 5.91 Å². The lowest BCUT2D eigenvalue weighted by Crippen LogP contribution is -2.48. The molecule has 0 radical (unpaired) electrons. The van der Waals surface area contributed by atoms with Gasteiger partial charge in [0, 0.05) is 50.7 Å². The number of ether oxygens (including phenoxy) is 3. The molecule has 5 atom stereocenters. The number of carbonyl (C=O) groups is 1. The van der Waals surface area contributed by atoms with Crippen molar-refractivity contribution < 1.29 is 32.3 Å². The predicted molar refractivity (Wildman–Crippen MR) is 165 cm³/mol. The Kier molecular flexibility index (Phi) is 10.2. The van der Waals surface area contributed by atoms with E-state index in [1.165, 1.54) is 24.3 Å². The molecule has 47 heavy (non-hydrogen) atoms. The van der Waals surface area contributed by atoms with Gasteiger partial charge in [0.25, 0.3) is 0 Å². The second-order valence-electron chi connectivity index (χ2n) is 12.5. The van der Waals surface area contributed by atoms with Gasteiger partial charge in [-0.15, -0.1) is 0 Å². The zero-order valence-corrected chi connectivity index (χ0v) is 27.2. The highest BCUT2D eigenvalue weighted by atomic mass is 19.1. The number of likely N-dealkylation sites (N-methyl/N-ethyl adjacent to an activating group) is 1. The smallest absolute Gasteiger partial charge is 0.246 e. The molecule has 1 amide bonds. The number of piperidine rings is 1. The van der Waals surface area contributed by atoms with Gasteiger partial charge in [0.05, 0.1) is 30.1 Å². The Morgan fingerprint density at radius 1 is 1.19 bits per heavy atom. The average molecular weight is 652 g/mol. The summed E-state index contributed by atoms with van der Waals surface area (Å²) in [5.74, 6) is -1.41. The lowest BCUT2D eigenvalue weighted by atomic mass is 9.83. The van der Waals surface area contributed by atoms with E-state index in [2.05, 4.69) is 37.7 Å². The molecule has 0 aliphatic carbocycles. The first-order valence-corrected chi connectivity index (χ1v) is 15.5. The molecule has 2 aliphatic rings. The number of carbonyl (C=O) groups excluding carboxylic acids is 1. The molecule has 0 N–H and O–H groups in total. The highest BCUT2D eigenvalue weighted by Gasteiger charge is 2.37. The molecule has 250 valence electrons. The third-order valence-corrected chi connectivity index (χ3v) is 8.91. The summed E-state index contributed by atoms with van der Waals surface area (Å²) in [5, 5.41) is 13.4. The fraction of sp³-hybridized carbons (Fsp3) is 0.515. The van der Waals surface area contributed by atoms with Crippen molar-refractivity contribution in [3.8, 4) is 29.5 Å². The van der Waals surface area contributed by atoms with Crippen LogP contribution in [0.4, 0.5) is 8.78 Å². The number of nitriles is 1. The number of hydrogen-bond donors (Lipinski definition) is 0. The van der Waals surface area contributed by atoms with Gasteiger partial charge < -0.3 is 23.6 Å². The largest absolute Gasteiger partial charge is 0.474 e. The molecule has 0 bridgehead atoms. The first kappa shape index (κ1) is 33.9. The Balaban J connectivity index is 1.45. The van der Waals surface area contributed by atoms with Crippen LogP contribution < -0.4 is 9.47 Å². The first-order valence-electron chi connectivity index (χ1n) is 15.5. The topological polar surface area (TPSA) is 140 Å². The van der Waals surface area contributed by atoms with Gasteiger partial charge in [-0.1, -0.05) is 17.8 Å². The highest BCUT2D eigenvalue weighted by Crippen LogP contribution is 2.35. The molecule has 0 saturated carbocycles. The summed E-state index contributed by atoms with van der Waals surface area (Å²) in [7, 11) is 3.69. The minimum atomic E-state index is -1.32. The standard InChI is InChI=1S/C33H39F2N7O5/c1-7-28(43)42-14-12-21(15-20(42)11-13-36)46-27-17-26(45-19(2)25-16-22(44-6)18-41(25)5)37-30(38-27)31-39-32(47-40-31)33(3,4)29-23(34)9-8-10-24(29)35/h7-10,17,19-22,25H,1,11-12,14-16,18H2,2-6H3/t19-,20+,21-,22-,25-/m0/s1. The van der Waals surface area contributed by atoms with E-state index in [-0.39, 0.29) is 77.6 Å². The molecular weight excluding hydrogens is 612 g/mol. The number of halogens is 2. The molecular formula is C33H39F2N7O5. The maximum Gasteiger partial charge on any atom is 0.246 e. The second-order valence-corrected chi connectivity index (χ2v) is 12.5. The van der Waals surface area contributed by atoms with E-state index in [4.69, 9.17) is 18.7 Å². The summed E-state index contributed by atoms with van der Waals surface area (Å²) in [6, 6.07) is 7.04. The van der Waals surface area contributed by atoms with E-state index in [9.17, 15) is 18.8 Å². The number of rotatable bonds is 11. The maximum atomic E-state index is 14.7. The van der Waals surface area contributed by atoms with Gasteiger partial charge in [0.15, 0.2) is 0 Å². The zero-order valence-electron chi connectivity index (χ0n) is 27.2. The first-order chi connectivity index (χ1) is 22.4. The highest BCUT2D eigenvalue weighted by molar-refractivity contribution is 5.87. The van der Waals surface area contributed by atoms with Gasteiger partial charge in [0.2, 0.25) is 35.2 Å². The Labute approximate surface area is 272 Å². The monoisotopic (exact) mass is 651 g/mol. The molecule has 12 nitrogen and oxygen atoms in total. The summed E-state index contributed by atoms with van der Waals surface area (Å²) >= 11 is 0. The summed E-state index contributed by atoms with van der Waals surface area (Å²) in [6.45, 7) is 9.81. The number of benzene rings is 1. The van der Waals surface area contributed by atoms with Crippen LogP contribution in [0, 0.1) is 23.0 Å². The normalized spacial score (nSPS) is 22.5. The molecule has 4 heterocycles. The third kappa shape index (κ3) is 7.26. The molecule has 2 saturated heterocycles. The molecule has 2 aromatic heterocycles. The lowest BCUT2D eigenvalue weighted by Gasteiger charge is -2.37. The summed E-state index contributed by atoms with van der Waals surface area (Å²) in [4.78, 5) is 29.7. The Morgan fingerprint density at radius 2 is 1.91 bits per heavy atom. The molecule has 0 unspecified atom stereocenters. The average Bonchev–Trinajstić information content (AvgIpc) is 3.69. The van der Waals surface area contributed by atoms with Crippen LogP contribution >= 0.6 is 0 Å². The molecule has 1 aromatic carbocycles. The molecule has 2 aliphatic heterocycles. The van der Waals surface area contributed by atoms with Crippen LogP contribution in [-0.4, -0.2) is 93.5 Å². The maximum absolute atomic E-state index is 14.7. The van der Waals surface area contributed by atoms with E-state index < -0.39 is 17.0 Å². The van der Waals surface area contributed by atoms with Gasteiger partial charge >= 0.3 is 0 Å². The van der Waals surface area contributed by atoms with Gasteiger partial charge in [0.1, 0.15) is 23.8 Å². The van der Waals surface area contributed by atoms with E-state index in [1.54, 1.807) is 31.9 Å². The van der Waals surface area contributed by atoms with Crippen molar-refractivity contribution in [2.75, 3.05) is 27.2 Å². The molecule has 14 heteroatoms. The molecule has 2 fully saturated rings. The summed E-state index contributed by atoms with van der Waals surface area (Å²) < 4.78 is 53.2. The van der Waals surface area contributed by atoms with Crippen LogP contribution in [0.2, 0.25) is 0 Å². The van der Waals surface area contributed by atoms with Crippen molar-refractivity contribution in [2.45, 2.75) is 82.3 Å². The second kappa shape index (κ2) is 14.1. The van der Waals surface area contributed by atoms with E-state index in [0.29, 0.717) is 19.4 Å². The Hall–Kier alpha value is -4.48. The number of methoxy groups -OCH3 is 1. The quantitative estimate of drug-likeness (QED) is 0.272. The minimum absolute atomic E-state index is 0.0203. The molecule has 0 spiro atoms. The van der Waals surface area contributed by atoms with Crippen molar-refractivity contribution in [1.82, 2.24) is 29.9 Å². The summed E-state index contributed by atoms with van der Waals surface area (Å²) in [5.41, 5.74) is -1.53. The van der Waals surface area contributed by atoms with Crippen LogP contribution in [0.25, 0.3) is 11.6 Å². The Morgan fingerprint density at radius 3 is 2.57 bits per heavy atom. The van der Waals surface area contributed by atoms with E-state index in [1.807, 2.05) is 14.0 Å². The van der Waals surface area contributed by atoms with Crippen LogP contribution in [0.15, 0.2) is 41.4 Å². The van der Waals surface area contributed by atoms with Crippen LogP contribution in [0.5, 0.6) is 11.8 Å². The van der Waals surface area contributed by atoms with E-state index >= 15 is 0 Å². The van der Waals surface area contributed by atoms with Crippen molar-refractivity contribution in [1.29, 1.82) is 5.26 Å². The van der Waals surface area contributed by atoms with Gasteiger partial charge in [-0.2, -0.15) is 20.2 Å². The third-order valence-electron chi connectivity index (χ3n) is 8.91. The summed E-state index contributed by atoms with van der Waals surface area (Å²) in [6.07, 6.45) is 2.46. The van der Waals surface area contributed by atoms with Crippen molar-refractivity contribution in [3.63, 3.8) is 0 Å².